The molecular weight excluding hydrogens is 340 g/mol. The summed E-state index contributed by atoms with van der Waals surface area (Å²) in [7, 11) is 0. The van der Waals surface area contributed by atoms with Gasteiger partial charge in [0.15, 0.2) is 6.23 Å². The minimum Gasteiger partial charge on any atom is -0.343 e. The highest BCUT2D eigenvalue weighted by Crippen LogP contribution is 2.45. The summed E-state index contributed by atoms with van der Waals surface area (Å²) in [6.45, 7) is 1.92. The largest absolute Gasteiger partial charge is 0.343 e. The molecule has 2 aromatic heterocycles. The molecule has 0 aromatic carbocycles. The van der Waals surface area contributed by atoms with Crippen molar-refractivity contribution >= 4 is 17.3 Å². The standard InChI is InChI=1S/C18H17F2N5O/c1-9-3-2-4-14(22-9)24-18-15(26-18)11-8-21-25-13(16(19)20)7-12(10-5-6-10)23-17(11)25/h2-4,7-8,15-16,18,23H,5-6H2,1H3,(H,22,24). The molecule has 2 fully saturated rings. The van der Waals surface area contributed by atoms with Crippen LogP contribution in [-0.4, -0.2) is 27.4 Å². The minimum atomic E-state index is -2.59. The highest BCUT2D eigenvalue weighted by Gasteiger charge is 2.44. The fourth-order valence-corrected chi connectivity index (χ4v) is 3.17. The number of aryl methyl sites for hydroxylation is 1. The smallest absolute Gasteiger partial charge is 0.280 e. The molecule has 1 saturated heterocycles. The summed E-state index contributed by atoms with van der Waals surface area (Å²) in [4.78, 5) is 4.39. The molecule has 6 nitrogen and oxygen atoms in total. The number of ether oxygens (including phenoxy) is 1. The molecule has 1 aliphatic carbocycles. The predicted octanol–water partition coefficient (Wildman–Crippen LogP) is 3.68. The first kappa shape index (κ1) is 15.5. The van der Waals surface area contributed by atoms with E-state index >= 15 is 0 Å². The van der Waals surface area contributed by atoms with Crippen molar-refractivity contribution in [1.29, 1.82) is 0 Å². The Morgan fingerprint density at radius 2 is 2.19 bits per heavy atom. The second-order valence-electron chi connectivity index (χ2n) is 6.66. The number of halogens is 2. The van der Waals surface area contributed by atoms with E-state index in [1.165, 1.54) is 10.8 Å². The predicted molar refractivity (Wildman–Crippen MR) is 92.6 cm³/mol. The van der Waals surface area contributed by atoms with E-state index in [1.807, 2.05) is 25.1 Å². The van der Waals surface area contributed by atoms with E-state index in [0.29, 0.717) is 5.82 Å². The zero-order chi connectivity index (χ0) is 17.8. The van der Waals surface area contributed by atoms with Gasteiger partial charge in [-0.05, 0) is 43.5 Å². The summed E-state index contributed by atoms with van der Waals surface area (Å²) < 4.78 is 33.9. The van der Waals surface area contributed by atoms with Crippen molar-refractivity contribution in [2.45, 2.75) is 38.5 Å². The molecule has 1 saturated carbocycles. The first-order chi connectivity index (χ1) is 12.6. The quantitative estimate of drug-likeness (QED) is 0.817. The van der Waals surface area contributed by atoms with Crippen LogP contribution in [0, 0.1) is 6.92 Å². The van der Waals surface area contributed by atoms with Gasteiger partial charge in [0, 0.05) is 17.0 Å². The van der Waals surface area contributed by atoms with E-state index < -0.39 is 6.43 Å². The molecule has 3 aliphatic rings. The van der Waals surface area contributed by atoms with E-state index in [-0.39, 0.29) is 18.0 Å². The molecule has 4 heterocycles. The van der Waals surface area contributed by atoms with Crippen LogP contribution in [0.2, 0.25) is 0 Å². The molecule has 2 unspecified atom stereocenters. The average Bonchev–Trinajstić information content (AvgIpc) is 3.53. The van der Waals surface area contributed by atoms with Gasteiger partial charge in [0.05, 0.1) is 6.20 Å². The van der Waals surface area contributed by atoms with Crippen molar-refractivity contribution in [3.05, 3.63) is 53.0 Å². The topological polar surface area (TPSA) is 67.3 Å². The Balaban J connectivity index is 1.41. The number of aromatic nitrogens is 3. The van der Waals surface area contributed by atoms with Crippen molar-refractivity contribution in [3.63, 3.8) is 0 Å². The molecule has 0 radical (unpaired) electrons. The van der Waals surface area contributed by atoms with Crippen molar-refractivity contribution in [1.82, 2.24) is 14.8 Å². The Hall–Kier alpha value is -2.74. The van der Waals surface area contributed by atoms with Gasteiger partial charge in [-0.3, -0.25) is 0 Å². The lowest BCUT2D eigenvalue weighted by molar-refractivity contribution is 0.206. The van der Waals surface area contributed by atoms with Crippen molar-refractivity contribution in [2.75, 3.05) is 10.6 Å². The monoisotopic (exact) mass is 357 g/mol. The van der Waals surface area contributed by atoms with Gasteiger partial charge in [0.1, 0.15) is 23.4 Å². The number of fused-ring (bicyclic) bond motifs is 1. The normalized spacial score (nSPS) is 23.5. The Kier molecular flexibility index (Phi) is 3.36. The second-order valence-corrected chi connectivity index (χ2v) is 6.66. The Labute approximate surface area is 148 Å². The van der Waals surface area contributed by atoms with E-state index in [4.69, 9.17) is 4.74 Å². The number of hydrogen-bond donors (Lipinski definition) is 2. The number of hydrogen-bond acceptors (Lipinski definition) is 5. The van der Waals surface area contributed by atoms with Crippen LogP contribution in [0.5, 0.6) is 0 Å². The zero-order valence-electron chi connectivity index (χ0n) is 14.0. The highest BCUT2D eigenvalue weighted by molar-refractivity contribution is 5.71. The minimum absolute atomic E-state index is 0.107. The number of epoxide rings is 1. The number of pyridine rings is 1. The molecule has 0 amide bonds. The molecule has 134 valence electrons. The lowest BCUT2D eigenvalue weighted by Gasteiger charge is -2.20. The maximum atomic E-state index is 13.5. The molecule has 2 atom stereocenters. The van der Waals surface area contributed by atoms with Gasteiger partial charge in [-0.25, -0.2) is 18.4 Å². The third-order valence-electron chi connectivity index (χ3n) is 4.67. The summed E-state index contributed by atoms with van der Waals surface area (Å²) in [5.41, 5.74) is 3.49. The average molecular weight is 357 g/mol. The van der Waals surface area contributed by atoms with Gasteiger partial charge in [-0.2, -0.15) is 5.10 Å². The van der Waals surface area contributed by atoms with Gasteiger partial charge < -0.3 is 15.4 Å². The molecule has 8 heteroatoms. The third-order valence-corrected chi connectivity index (χ3v) is 4.67. The van der Waals surface area contributed by atoms with E-state index in [1.54, 1.807) is 6.20 Å². The van der Waals surface area contributed by atoms with Gasteiger partial charge in [0.25, 0.3) is 6.43 Å². The SMILES string of the molecule is Cc1cccc(NC2OC2c2cnn3c2NC(=C2CC2)C=C3C(F)F)n1. The number of nitrogens with one attached hydrogen (secondary N) is 2. The molecular formula is C18H17F2N5O. The molecule has 26 heavy (non-hydrogen) atoms. The fraction of sp³-hybridized carbons (Fsp3) is 0.333. The maximum Gasteiger partial charge on any atom is 0.280 e. The fourth-order valence-electron chi connectivity index (χ4n) is 3.17. The number of allylic oxidation sites excluding steroid dienone is 3. The van der Waals surface area contributed by atoms with Crippen LogP contribution >= 0.6 is 0 Å². The summed E-state index contributed by atoms with van der Waals surface area (Å²) in [6.07, 6.45) is 1.88. The molecule has 2 aromatic rings. The van der Waals surface area contributed by atoms with Gasteiger partial charge in [0.2, 0.25) is 0 Å². The molecule has 0 spiro atoms. The van der Waals surface area contributed by atoms with Crippen LogP contribution in [0.3, 0.4) is 0 Å². The van der Waals surface area contributed by atoms with Crippen LogP contribution in [0.15, 0.2) is 41.7 Å². The number of rotatable bonds is 4. The van der Waals surface area contributed by atoms with Gasteiger partial charge in [-0.15, -0.1) is 0 Å². The lowest BCUT2D eigenvalue weighted by atomic mass is 10.2. The second kappa shape index (κ2) is 5.63. The van der Waals surface area contributed by atoms with Crippen LogP contribution in [0.25, 0.3) is 5.70 Å². The summed E-state index contributed by atoms with van der Waals surface area (Å²) in [6, 6.07) is 5.70. The van der Waals surface area contributed by atoms with E-state index in [9.17, 15) is 8.78 Å². The summed E-state index contributed by atoms with van der Waals surface area (Å²) in [5.74, 6) is 1.28. The van der Waals surface area contributed by atoms with Crippen molar-refractivity contribution < 1.29 is 13.5 Å². The third kappa shape index (κ3) is 2.66. The van der Waals surface area contributed by atoms with Crippen LogP contribution in [-0.2, 0) is 4.74 Å². The first-order valence-electron chi connectivity index (χ1n) is 8.53. The van der Waals surface area contributed by atoms with Crippen LogP contribution in [0.4, 0.5) is 20.4 Å². The number of anilines is 2. The Bertz CT molecular complexity index is 943. The molecule has 0 bridgehead atoms. The number of nitrogens with zero attached hydrogens (tertiary/aromatic N) is 3. The Morgan fingerprint density at radius 3 is 2.92 bits per heavy atom. The highest BCUT2D eigenvalue weighted by atomic mass is 19.3. The first-order valence-corrected chi connectivity index (χ1v) is 8.53. The van der Waals surface area contributed by atoms with Gasteiger partial charge in [-0.1, -0.05) is 6.07 Å². The summed E-state index contributed by atoms with van der Waals surface area (Å²) >= 11 is 0. The van der Waals surface area contributed by atoms with Crippen LogP contribution in [0.1, 0.15) is 30.2 Å². The van der Waals surface area contributed by atoms with E-state index in [0.717, 1.165) is 41.2 Å². The van der Waals surface area contributed by atoms with Crippen LogP contribution < -0.4 is 10.6 Å². The molecule has 5 rings (SSSR count). The zero-order valence-corrected chi connectivity index (χ0v) is 14.0. The Morgan fingerprint density at radius 1 is 1.35 bits per heavy atom. The lowest BCUT2D eigenvalue weighted by Crippen LogP contribution is -2.18. The van der Waals surface area contributed by atoms with Gasteiger partial charge >= 0.3 is 0 Å². The van der Waals surface area contributed by atoms with Crippen molar-refractivity contribution in [2.24, 2.45) is 0 Å². The van der Waals surface area contributed by atoms with E-state index in [2.05, 4.69) is 20.7 Å². The van der Waals surface area contributed by atoms with Crippen molar-refractivity contribution in [3.8, 4) is 0 Å². The molecule has 2 N–H and O–H groups in total. The summed E-state index contributed by atoms with van der Waals surface area (Å²) in [5, 5.41) is 10.6. The number of alkyl halides is 2. The molecule has 2 aliphatic heterocycles. The maximum absolute atomic E-state index is 13.5.